The summed E-state index contributed by atoms with van der Waals surface area (Å²) in [5.41, 5.74) is 2.24. The standard InChI is InChI=1S/C39H28O/c1-2-15-29-26(11-1)12-9-13-27(29)23-24-34-30-16-3-5-18-32(30)36(33-19-6-4-17-31(33)34)25-28-14-10-22-38-39(28)35-20-7-8-21-37(35)40-38/h1-22H,23-25H2/i1D,2D,3D,4D,5D,6D,9D,11D,12D,13D,15D,16D,17D,18D,19D. The summed E-state index contributed by atoms with van der Waals surface area (Å²) in [5.74, 6) is 0. The summed E-state index contributed by atoms with van der Waals surface area (Å²) in [5, 5.41) is 1.27. The number of hydrogen-bond donors (Lipinski definition) is 0. The highest BCUT2D eigenvalue weighted by molar-refractivity contribution is 6.09. The average Bonchev–Trinajstić information content (AvgIpc) is 3.57. The predicted octanol–water partition coefficient (Wildman–Crippen LogP) is 10.4. The van der Waals surface area contributed by atoms with Crippen molar-refractivity contribution in [1.29, 1.82) is 0 Å². The molecule has 8 aromatic rings. The van der Waals surface area contributed by atoms with Gasteiger partial charge in [-0.25, -0.2) is 0 Å². The lowest BCUT2D eigenvalue weighted by atomic mass is 9.86. The zero-order valence-electron chi connectivity index (χ0n) is 36.1. The predicted molar refractivity (Wildman–Crippen MR) is 169 cm³/mol. The van der Waals surface area contributed by atoms with E-state index in [-0.39, 0.29) is 68.3 Å². The number of fused-ring (bicyclic) bond motifs is 6. The third kappa shape index (κ3) is 3.70. The van der Waals surface area contributed by atoms with Crippen molar-refractivity contribution in [2.24, 2.45) is 0 Å². The van der Waals surface area contributed by atoms with E-state index in [0.717, 1.165) is 10.8 Å². The molecule has 0 unspecified atom stereocenters. The van der Waals surface area contributed by atoms with Gasteiger partial charge in [-0.2, -0.15) is 0 Å². The van der Waals surface area contributed by atoms with E-state index in [0.29, 0.717) is 16.7 Å². The maximum absolute atomic E-state index is 9.21. The highest BCUT2D eigenvalue weighted by Gasteiger charge is 2.17. The topological polar surface area (TPSA) is 13.1 Å². The highest BCUT2D eigenvalue weighted by Crippen LogP contribution is 2.38. The summed E-state index contributed by atoms with van der Waals surface area (Å²) < 4.78 is 137. The molecule has 0 bridgehead atoms. The van der Waals surface area contributed by atoms with Crippen LogP contribution in [0.25, 0.3) is 54.3 Å². The summed E-state index contributed by atoms with van der Waals surface area (Å²) in [6, 6.07) is 5.05. The molecule has 8 rings (SSSR count). The van der Waals surface area contributed by atoms with Crippen LogP contribution in [0.5, 0.6) is 0 Å². The first kappa shape index (κ1) is 12.5. The van der Waals surface area contributed by atoms with Crippen LogP contribution in [-0.2, 0) is 19.3 Å². The van der Waals surface area contributed by atoms with Crippen LogP contribution in [0.1, 0.15) is 42.8 Å². The Morgan fingerprint density at radius 2 is 1.10 bits per heavy atom. The van der Waals surface area contributed by atoms with E-state index in [4.69, 9.17) is 19.5 Å². The Morgan fingerprint density at radius 1 is 0.475 bits per heavy atom. The van der Waals surface area contributed by atoms with Gasteiger partial charge in [0.1, 0.15) is 11.2 Å². The molecule has 0 N–H and O–H groups in total. The van der Waals surface area contributed by atoms with Gasteiger partial charge in [0.25, 0.3) is 0 Å². The Bertz CT molecular complexity index is 2930. The van der Waals surface area contributed by atoms with Crippen LogP contribution < -0.4 is 0 Å². The second kappa shape index (κ2) is 9.39. The first-order valence-electron chi connectivity index (χ1n) is 20.4. The van der Waals surface area contributed by atoms with Gasteiger partial charge < -0.3 is 4.42 Å². The van der Waals surface area contributed by atoms with Gasteiger partial charge in [-0.1, -0.05) is 121 Å². The molecule has 1 nitrogen and oxygen atoms in total. The fraction of sp³-hybridized carbons (Fsp3) is 0.0769. The van der Waals surface area contributed by atoms with Crippen molar-refractivity contribution in [3.8, 4) is 0 Å². The number of furan rings is 1. The van der Waals surface area contributed by atoms with Gasteiger partial charge in [-0.05, 0) is 86.0 Å². The lowest BCUT2D eigenvalue weighted by molar-refractivity contribution is 0.668. The Labute approximate surface area is 254 Å². The first-order chi connectivity index (χ1) is 26.1. The van der Waals surface area contributed by atoms with Crippen molar-refractivity contribution in [3.05, 3.63) is 155 Å². The molecule has 40 heavy (non-hydrogen) atoms. The molecule has 0 aliphatic carbocycles. The Balaban J connectivity index is 1.49. The smallest absolute Gasteiger partial charge is 0.135 e. The quantitative estimate of drug-likeness (QED) is 0.203. The van der Waals surface area contributed by atoms with E-state index in [1.165, 1.54) is 0 Å². The Kier molecular flexibility index (Phi) is 2.94. The molecule has 0 amide bonds. The third-order valence-electron chi connectivity index (χ3n) is 7.45. The van der Waals surface area contributed by atoms with Crippen LogP contribution >= 0.6 is 0 Å². The van der Waals surface area contributed by atoms with E-state index in [2.05, 4.69) is 0 Å². The van der Waals surface area contributed by atoms with Crippen LogP contribution in [0.4, 0.5) is 0 Å². The molecular formula is C39H28O. The average molecular weight is 528 g/mol. The molecule has 190 valence electrons. The number of rotatable bonds is 5. The van der Waals surface area contributed by atoms with Gasteiger partial charge in [0.2, 0.25) is 0 Å². The summed E-state index contributed by atoms with van der Waals surface area (Å²) >= 11 is 0. The van der Waals surface area contributed by atoms with E-state index in [1.807, 2.05) is 30.3 Å². The molecule has 0 fully saturated rings. The summed E-state index contributed by atoms with van der Waals surface area (Å²) in [6.07, 6.45) is -0.470. The molecular weight excluding hydrogens is 484 g/mol. The van der Waals surface area contributed by atoms with E-state index >= 15 is 0 Å². The number of aryl methyl sites for hydroxylation is 2. The minimum absolute atomic E-state index is 0.00343. The first-order valence-corrected chi connectivity index (χ1v) is 12.9. The van der Waals surface area contributed by atoms with Crippen molar-refractivity contribution in [3.63, 3.8) is 0 Å². The molecule has 0 aliphatic heterocycles. The number of hydrogen-bond acceptors (Lipinski definition) is 1. The van der Waals surface area contributed by atoms with Crippen LogP contribution in [0.3, 0.4) is 0 Å². The summed E-state index contributed by atoms with van der Waals surface area (Å²) in [7, 11) is 0. The Morgan fingerprint density at radius 3 is 1.88 bits per heavy atom. The van der Waals surface area contributed by atoms with Gasteiger partial charge >= 0.3 is 0 Å². The summed E-state index contributed by atoms with van der Waals surface area (Å²) in [6.45, 7) is 0. The van der Waals surface area contributed by atoms with Gasteiger partial charge in [0, 0.05) is 10.8 Å². The molecule has 0 aliphatic rings. The SMILES string of the molecule is [2H]c1c([2H])c([2H])c2c(CCc3c4c([2H])c([2H])c([2H])c([2H])c4c(Cc4cccc5oc6ccccc6c45)c4c([2H])c([2H])c([2H])c([2H])c34)c([2H])c([2H])c([2H])c2c1[2H]. The van der Waals surface area contributed by atoms with Gasteiger partial charge in [-0.3, -0.25) is 0 Å². The van der Waals surface area contributed by atoms with Gasteiger partial charge in [-0.15, -0.1) is 0 Å². The maximum atomic E-state index is 9.21. The second-order valence-electron chi connectivity index (χ2n) is 9.63. The van der Waals surface area contributed by atoms with Crippen molar-refractivity contribution in [2.75, 3.05) is 0 Å². The minimum Gasteiger partial charge on any atom is -0.456 e. The third-order valence-corrected chi connectivity index (χ3v) is 7.45. The zero-order chi connectivity index (χ0) is 39.5. The fourth-order valence-electron chi connectivity index (χ4n) is 5.69. The van der Waals surface area contributed by atoms with Crippen LogP contribution in [0.2, 0.25) is 0 Å². The van der Waals surface area contributed by atoms with Crippen LogP contribution in [0, 0.1) is 0 Å². The van der Waals surface area contributed by atoms with E-state index < -0.39 is 90.6 Å². The molecule has 0 saturated heterocycles. The van der Waals surface area contributed by atoms with E-state index in [1.54, 1.807) is 12.1 Å². The van der Waals surface area contributed by atoms with Crippen molar-refractivity contribution in [2.45, 2.75) is 19.3 Å². The normalized spacial score (nSPS) is 17.1. The molecule has 1 heteroatoms. The lowest BCUT2D eigenvalue weighted by Crippen LogP contribution is -2.00. The van der Waals surface area contributed by atoms with E-state index in [9.17, 15) is 5.48 Å². The van der Waals surface area contributed by atoms with Crippen LogP contribution in [-0.4, -0.2) is 0 Å². The highest BCUT2D eigenvalue weighted by atomic mass is 16.3. The lowest BCUT2D eigenvalue weighted by Gasteiger charge is -2.18. The summed E-state index contributed by atoms with van der Waals surface area (Å²) in [4.78, 5) is 0. The molecule has 0 radical (unpaired) electrons. The molecule has 1 aromatic heterocycles. The molecule has 0 saturated carbocycles. The van der Waals surface area contributed by atoms with Gasteiger partial charge in [0.15, 0.2) is 0 Å². The second-order valence-corrected chi connectivity index (χ2v) is 9.63. The largest absolute Gasteiger partial charge is 0.456 e. The van der Waals surface area contributed by atoms with Crippen molar-refractivity contribution < 1.29 is 25.0 Å². The molecule has 7 aromatic carbocycles. The number of para-hydroxylation sites is 1. The van der Waals surface area contributed by atoms with Crippen molar-refractivity contribution in [1.82, 2.24) is 0 Å². The Hall–Kier alpha value is -4.88. The van der Waals surface area contributed by atoms with Crippen molar-refractivity contribution >= 4 is 54.3 Å². The fourth-order valence-corrected chi connectivity index (χ4v) is 5.69. The number of benzene rings is 7. The minimum atomic E-state index is -0.604. The molecule has 0 atom stereocenters. The zero-order valence-corrected chi connectivity index (χ0v) is 21.1. The maximum Gasteiger partial charge on any atom is 0.135 e. The monoisotopic (exact) mass is 527 g/mol. The van der Waals surface area contributed by atoms with Gasteiger partial charge in [0.05, 0.1) is 20.6 Å². The molecule has 0 spiro atoms. The van der Waals surface area contributed by atoms with Crippen LogP contribution in [0.15, 0.2) is 138 Å². The molecule has 1 heterocycles.